The van der Waals surface area contributed by atoms with Crippen LogP contribution in [0.2, 0.25) is 0 Å². The first-order chi connectivity index (χ1) is 11.2. The quantitative estimate of drug-likeness (QED) is 0.790. The molecule has 126 valence electrons. The minimum Gasteiger partial charge on any atom is -0.334 e. The topological polar surface area (TPSA) is 23.6 Å². The van der Waals surface area contributed by atoms with Crippen molar-refractivity contribution in [3.63, 3.8) is 0 Å². The minimum absolute atomic E-state index is 0.221. The number of fused-ring (bicyclic) bond motifs is 1. The summed E-state index contributed by atoms with van der Waals surface area (Å²) in [6.45, 7) is 7.45. The Morgan fingerprint density at radius 3 is 2.39 bits per heavy atom. The highest BCUT2D eigenvalue weighted by Gasteiger charge is 2.29. The molecule has 1 aromatic rings. The summed E-state index contributed by atoms with van der Waals surface area (Å²) in [7, 11) is 0. The van der Waals surface area contributed by atoms with Crippen LogP contribution < -0.4 is 0 Å². The molecule has 1 aromatic carbocycles. The minimum atomic E-state index is 0.221. The summed E-state index contributed by atoms with van der Waals surface area (Å²) < 4.78 is 0. The maximum atomic E-state index is 12.4. The van der Waals surface area contributed by atoms with Gasteiger partial charge in [-0.1, -0.05) is 38.5 Å². The van der Waals surface area contributed by atoms with Crippen LogP contribution in [0, 0.1) is 0 Å². The molecule has 0 spiro atoms. The summed E-state index contributed by atoms with van der Waals surface area (Å²) in [5.41, 5.74) is 2.09. The normalized spacial score (nSPS) is 25.0. The first-order valence-corrected chi connectivity index (χ1v) is 9.37. The molecule has 2 aliphatic heterocycles. The largest absolute Gasteiger partial charge is 0.334 e. The molecule has 3 rings (SSSR count). The molecule has 0 aromatic heterocycles. The van der Waals surface area contributed by atoms with Crippen LogP contribution in [0.25, 0.3) is 0 Å². The summed E-state index contributed by atoms with van der Waals surface area (Å²) in [5, 5.41) is 0. The number of rotatable bonds is 6. The van der Waals surface area contributed by atoms with Gasteiger partial charge in [-0.05, 0) is 43.7 Å². The predicted molar refractivity (Wildman–Crippen MR) is 94.5 cm³/mol. The van der Waals surface area contributed by atoms with Crippen LogP contribution in [0.1, 0.15) is 68.3 Å². The van der Waals surface area contributed by atoms with Crippen molar-refractivity contribution in [2.45, 2.75) is 71.0 Å². The lowest BCUT2D eigenvalue weighted by Crippen LogP contribution is -2.47. The van der Waals surface area contributed by atoms with E-state index in [0.29, 0.717) is 0 Å². The Kier molecular flexibility index (Phi) is 5.37. The zero-order valence-corrected chi connectivity index (χ0v) is 14.6. The van der Waals surface area contributed by atoms with E-state index in [1.54, 1.807) is 0 Å². The Balaban J connectivity index is 1.54. The van der Waals surface area contributed by atoms with Crippen molar-refractivity contribution in [2.75, 3.05) is 13.1 Å². The molecule has 3 nitrogen and oxygen atoms in total. The maximum absolute atomic E-state index is 12.4. The Morgan fingerprint density at radius 2 is 1.74 bits per heavy atom. The first-order valence-electron chi connectivity index (χ1n) is 9.37. The third kappa shape index (κ3) is 3.45. The SMILES string of the molecule is CCC1CCCC(CC)N1CCCN1Cc2ccccc2C1=O. The Labute approximate surface area is 140 Å². The molecule has 0 N–H and O–H groups in total. The van der Waals surface area contributed by atoms with Gasteiger partial charge in [0.25, 0.3) is 5.91 Å². The van der Waals surface area contributed by atoms with E-state index >= 15 is 0 Å². The molecule has 1 saturated heterocycles. The van der Waals surface area contributed by atoms with Gasteiger partial charge < -0.3 is 4.90 Å². The Bertz CT molecular complexity index is 530. The van der Waals surface area contributed by atoms with Crippen molar-refractivity contribution in [1.82, 2.24) is 9.80 Å². The smallest absolute Gasteiger partial charge is 0.254 e. The molecule has 2 heterocycles. The lowest BCUT2D eigenvalue weighted by Gasteiger charge is -2.42. The van der Waals surface area contributed by atoms with Crippen molar-refractivity contribution in [1.29, 1.82) is 0 Å². The third-order valence-corrected chi connectivity index (χ3v) is 5.70. The fourth-order valence-electron chi connectivity index (χ4n) is 4.40. The third-order valence-electron chi connectivity index (χ3n) is 5.70. The summed E-state index contributed by atoms with van der Waals surface area (Å²) in [5.74, 6) is 0.221. The van der Waals surface area contributed by atoms with Crippen LogP contribution in [0.3, 0.4) is 0 Å². The molecular formula is C20H30N2O. The first kappa shape index (κ1) is 16.5. The maximum Gasteiger partial charge on any atom is 0.254 e. The summed E-state index contributed by atoms with van der Waals surface area (Å²) in [4.78, 5) is 17.2. The van der Waals surface area contributed by atoms with Crippen molar-refractivity contribution >= 4 is 5.91 Å². The van der Waals surface area contributed by atoms with E-state index in [4.69, 9.17) is 0 Å². The molecule has 1 fully saturated rings. The highest BCUT2D eigenvalue weighted by molar-refractivity contribution is 5.98. The highest BCUT2D eigenvalue weighted by Crippen LogP contribution is 2.27. The number of likely N-dealkylation sites (tertiary alicyclic amines) is 1. The number of piperidine rings is 1. The van der Waals surface area contributed by atoms with Crippen molar-refractivity contribution in [3.8, 4) is 0 Å². The van der Waals surface area contributed by atoms with Gasteiger partial charge in [-0.2, -0.15) is 0 Å². The van der Waals surface area contributed by atoms with Gasteiger partial charge in [0.1, 0.15) is 0 Å². The molecule has 23 heavy (non-hydrogen) atoms. The molecule has 0 saturated carbocycles. The van der Waals surface area contributed by atoms with Crippen molar-refractivity contribution in [3.05, 3.63) is 35.4 Å². The van der Waals surface area contributed by atoms with E-state index in [2.05, 4.69) is 24.8 Å². The molecular weight excluding hydrogens is 284 g/mol. The van der Waals surface area contributed by atoms with Gasteiger partial charge in [-0.25, -0.2) is 0 Å². The number of hydrogen-bond donors (Lipinski definition) is 0. The van der Waals surface area contributed by atoms with E-state index in [0.717, 1.165) is 43.7 Å². The molecule has 0 radical (unpaired) electrons. The second-order valence-electron chi connectivity index (χ2n) is 7.03. The Hall–Kier alpha value is -1.35. The standard InChI is InChI=1S/C20H30N2O/c1-3-17-10-7-11-18(4-2)22(17)14-8-13-21-15-16-9-5-6-12-19(16)20(21)23/h5-6,9,12,17-18H,3-4,7-8,10-11,13-15H2,1-2H3. The van der Waals surface area contributed by atoms with Gasteiger partial charge in [-0.3, -0.25) is 9.69 Å². The van der Waals surface area contributed by atoms with Gasteiger partial charge in [0.15, 0.2) is 0 Å². The number of carbonyl (C=O) groups excluding carboxylic acids is 1. The number of hydrogen-bond acceptors (Lipinski definition) is 2. The summed E-state index contributed by atoms with van der Waals surface area (Å²) >= 11 is 0. The van der Waals surface area contributed by atoms with E-state index in [-0.39, 0.29) is 5.91 Å². The summed E-state index contributed by atoms with van der Waals surface area (Å²) in [6.07, 6.45) is 7.68. The number of benzene rings is 1. The predicted octanol–water partition coefficient (Wildman–Crippen LogP) is 4.08. The average Bonchev–Trinajstić information content (AvgIpc) is 2.91. The van der Waals surface area contributed by atoms with Crippen molar-refractivity contribution < 1.29 is 4.79 Å². The van der Waals surface area contributed by atoms with Crippen molar-refractivity contribution in [2.24, 2.45) is 0 Å². The summed E-state index contributed by atoms with van der Waals surface area (Å²) in [6, 6.07) is 9.54. The van der Waals surface area contributed by atoms with E-state index in [1.807, 2.05) is 23.1 Å². The fraction of sp³-hybridized carbons (Fsp3) is 0.650. The van der Waals surface area contributed by atoms with E-state index < -0.39 is 0 Å². The second-order valence-corrected chi connectivity index (χ2v) is 7.03. The van der Waals surface area contributed by atoms with Gasteiger partial charge in [0, 0.05) is 37.3 Å². The molecule has 2 unspecified atom stereocenters. The zero-order chi connectivity index (χ0) is 16.2. The van der Waals surface area contributed by atoms with Crippen LogP contribution in [0.5, 0.6) is 0 Å². The average molecular weight is 314 g/mol. The molecule has 0 aliphatic carbocycles. The molecule has 1 amide bonds. The molecule has 0 bridgehead atoms. The Morgan fingerprint density at radius 1 is 1.04 bits per heavy atom. The van der Waals surface area contributed by atoms with Gasteiger partial charge in [0.2, 0.25) is 0 Å². The number of amides is 1. The molecule has 2 aliphatic rings. The van der Waals surface area contributed by atoms with Crippen LogP contribution in [-0.2, 0) is 6.54 Å². The van der Waals surface area contributed by atoms with Gasteiger partial charge in [0.05, 0.1) is 0 Å². The number of carbonyl (C=O) groups is 1. The fourth-order valence-corrected chi connectivity index (χ4v) is 4.40. The highest BCUT2D eigenvalue weighted by atomic mass is 16.2. The lowest BCUT2D eigenvalue weighted by atomic mass is 9.92. The van der Waals surface area contributed by atoms with Crippen LogP contribution >= 0.6 is 0 Å². The van der Waals surface area contributed by atoms with Gasteiger partial charge >= 0.3 is 0 Å². The van der Waals surface area contributed by atoms with Gasteiger partial charge in [-0.15, -0.1) is 0 Å². The van der Waals surface area contributed by atoms with Crippen LogP contribution in [-0.4, -0.2) is 40.9 Å². The second kappa shape index (κ2) is 7.48. The van der Waals surface area contributed by atoms with E-state index in [9.17, 15) is 4.79 Å². The van der Waals surface area contributed by atoms with Crippen LogP contribution in [0.4, 0.5) is 0 Å². The monoisotopic (exact) mass is 314 g/mol. The molecule has 2 atom stereocenters. The zero-order valence-electron chi connectivity index (χ0n) is 14.6. The molecule has 3 heteroatoms. The van der Waals surface area contributed by atoms with E-state index in [1.165, 1.54) is 37.7 Å². The lowest BCUT2D eigenvalue weighted by molar-refractivity contribution is 0.0658. The number of nitrogens with zero attached hydrogens (tertiary/aromatic N) is 2. The van der Waals surface area contributed by atoms with Crippen LogP contribution in [0.15, 0.2) is 24.3 Å².